The van der Waals surface area contributed by atoms with E-state index in [0.29, 0.717) is 6.61 Å². The molecule has 1 heterocycles. The second-order valence-corrected chi connectivity index (χ2v) is 4.95. The summed E-state index contributed by atoms with van der Waals surface area (Å²) in [5.74, 6) is -1.66. The summed E-state index contributed by atoms with van der Waals surface area (Å²) in [5, 5.41) is 9.16. The van der Waals surface area contributed by atoms with E-state index in [-0.39, 0.29) is 24.5 Å². The van der Waals surface area contributed by atoms with Gasteiger partial charge in [-0.15, -0.1) is 0 Å². The standard InChI is InChI=1S/C14H18FNO3/c1-9(10-4-3-5-11(15)6-10)16(2)13-8-19-7-12(13)14(17)18/h3-6,9,12-13H,7-8H2,1-2H3,(H,17,18). The van der Waals surface area contributed by atoms with Gasteiger partial charge in [-0.2, -0.15) is 0 Å². The Hall–Kier alpha value is -1.46. The predicted molar refractivity (Wildman–Crippen MR) is 68.3 cm³/mol. The smallest absolute Gasteiger partial charge is 0.310 e. The Morgan fingerprint density at radius 2 is 2.26 bits per heavy atom. The highest BCUT2D eigenvalue weighted by atomic mass is 19.1. The van der Waals surface area contributed by atoms with Crippen LogP contribution in [-0.4, -0.2) is 42.3 Å². The number of rotatable bonds is 4. The molecule has 1 aromatic rings. The Labute approximate surface area is 111 Å². The van der Waals surface area contributed by atoms with Gasteiger partial charge < -0.3 is 9.84 Å². The summed E-state index contributed by atoms with van der Waals surface area (Å²) in [6.45, 7) is 2.57. The Bertz CT molecular complexity index is 466. The number of likely N-dealkylation sites (N-methyl/N-ethyl adjacent to an activating group) is 1. The minimum atomic E-state index is -0.846. The first-order valence-electron chi connectivity index (χ1n) is 6.28. The maximum atomic E-state index is 13.2. The molecule has 3 atom stereocenters. The molecule has 0 aromatic heterocycles. The number of hydrogen-bond acceptors (Lipinski definition) is 3. The molecule has 0 amide bonds. The quantitative estimate of drug-likeness (QED) is 0.905. The fraction of sp³-hybridized carbons (Fsp3) is 0.500. The van der Waals surface area contributed by atoms with E-state index >= 15 is 0 Å². The first-order chi connectivity index (χ1) is 9.00. The lowest BCUT2D eigenvalue weighted by molar-refractivity contribution is -0.143. The molecule has 1 aliphatic rings. The van der Waals surface area contributed by atoms with Gasteiger partial charge >= 0.3 is 5.97 Å². The van der Waals surface area contributed by atoms with E-state index in [9.17, 15) is 9.18 Å². The molecule has 19 heavy (non-hydrogen) atoms. The van der Waals surface area contributed by atoms with Crippen LogP contribution in [0, 0.1) is 11.7 Å². The Balaban J connectivity index is 2.14. The Morgan fingerprint density at radius 3 is 2.89 bits per heavy atom. The number of nitrogens with zero attached hydrogens (tertiary/aromatic N) is 1. The van der Waals surface area contributed by atoms with Crippen LogP contribution in [0.5, 0.6) is 0 Å². The van der Waals surface area contributed by atoms with Crippen molar-refractivity contribution in [3.8, 4) is 0 Å². The number of carboxylic acids is 1. The normalized spacial score (nSPS) is 24.6. The van der Waals surface area contributed by atoms with Gasteiger partial charge in [0.2, 0.25) is 0 Å². The number of hydrogen-bond donors (Lipinski definition) is 1. The van der Waals surface area contributed by atoms with E-state index in [2.05, 4.69) is 0 Å². The van der Waals surface area contributed by atoms with Crippen molar-refractivity contribution in [2.24, 2.45) is 5.92 Å². The van der Waals surface area contributed by atoms with Gasteiger partial charge in [0.1, 0.15) is 5.82 Å². The first kappa shape index (κ1) is 14.0. The number of halogens is 1. The maximum absolute atomic E-state index is 13.2. The summed E-state index contributed by atoms with van der Waals surface area (Å²) in [7, 11) is 1.85. The van der Waals surface area contributed by atoms with Gasteiger partial charge in [-0.1, -0.05) is 12.1 Å². The summed E-state index contributed by atoms with van der Waals surface area (Å²) in [6, 6.07) is 6.13. The van der Waals surface area contributed by atoms with Crippen LogP contribution in [0.3, 0.4) is 0 Å². The molecule has 0 bridgehead atoms. The molecule has 1 fully saturated rings. The summed E-state index contributed by atoms with van der Waals surface area (Å²) in [4.78, 5) is 13.1. The van der Waals surface area contributed by atoms with Crippen LogP contribution in [0.15, 0.2) is 24.3 Å². The van der Waals surface area contributed by atoms with Crippen molar-refractivity contribution in [2.75, 3.05) is 20.3 Å². The van der Waals surface area contributed by atoms with E-state index < -0.39 is 11.9 Å². The van der Waals surface area contributed by atoms with Gasteiger partial charge in [0.25, 0.3) is 0 Å². The molecule has 1 aliphatic heterocycles. The fourth-order valence-corrected chi connectivity index (χ4v) is 2.47. The Kier molecular flexibility index (Phi) is 4.17. The third-order valence-corrected chi connectivity index (χ3v) is 3.83. The number of ether oxygens (including phenoxy) is 1. The summed E-state index contributed by atoms with van der Waals surface area (Å²) < 4.78 is 18.5. The zero-order valence-corrected chi connectivity index (χ0v) is 11.0. The molecular formula is C14H18FNO3. The largest absolute Gasteiger partial charge is 0.481 e. The van der Waals surface area contributed by atoms with Crippen molar-refractivity contribution < 1.29 is 19.0 Å². The fourth-order valence-electron chi connectivity index (χ4n) is 2.47. The van der Waals surface area contributed by atoms with Gasteiger partial charge in [0.05, 0.1) is 19.1 Å². The van der Waals surface area contributed by atoms with Crippen LogP contribution in [0.2, 0.25) is 0 Å². The maximum Gasteiger partial charge on any atom is 0.310 e. The number of carboxylic acid groups (broad SMARTS) is 1. The van der Waals surface area contributed by atoms with Crippen molar-refractivity contribution >= 4 is 5.97 Å². The van der Waals surface area contributed by atoms with E-state index in [1.54, 1.807) is 6.07 Å². The van der Waals surface area contributed by atoms with Gasteiger partial charge in [-0.05, 0) is 31.7 Å². The summed E-state index contributed by atoms with van der Waals surface area (Å²) in [5.41, 5.74) is 0.832. The summed E-state index contributed by atoms with van der Waals surface area (Å²) in [6.07, 6.45) is 0. The van der Waals surface area contributed by atoms with Crippen molar-refractivity contribution in [3.63, 3.8) is 0 Å². The van der Waals surface area contributed by atoms with Crippen molar-refractivity contribution in [2.45, 2.75) is 19.0 Å². The van der Waals surface area contributed by atoms with Crippen LogP contribution in [0.25, 0.3) is 0 Å². The highest BCUT2D eigenvalue weighted by Gasteiger charge is 2.38. The number of aliphatic carboxylic acids is 1. The molecular weight excluding hydrogens is 249 g/mol. The molecule has 2 rings (SSSR count). The lowest BCUT2D eigenvalue weighted by Gasteiger charge is -2.32. The van der Waals surface area contributed by atoms with E-state index in [1.165, 1.54) is 12.1 Å². The SMILES string of the molecule is CC(c1cccc(F)c1)N(C)C1COCC1C(=O)O. The Morgan fingerprint density at radius 1 is 1.53 bits per heavy atom. The van der Waals surface area contributed by atoms with E-state index in [1.807, 2.05) is 24.9 Å². The molecule has 104 valence electrons. The predicted octanol–water partition coefficient (Wildman–Crippen LogP) is 1.92. The second kappa shape index (κ2) is 5.67. The highest BCUT2D eigenvalue weighted by Crippen LogP contribution is 2.27. The zero-order valence-electron chi connectivity index (χ0n) is 11.0. The number of carbonyl (C=O) groups is 1. The third-order valence-electron chi connectivity index (χ3n) is 3.83. The molecule has 0 aliphatic carbocycles. The lowest BCUT2D eigenvalue weighted by atomic mass is 9.99. The van der Waals surface area contributed by atoms with E-state index in [4.69, 9.17) is 9.84 Å². The van der Waals surface area contributed by atoms with Crippen molar-refractivity contribution in [3.05, 3.63) is 35.6 Å². The highest BCUT2D eigenvalue weighted by molar-refractivity contribution is 5.71. The molecule has 1 N–H and O–H groups in total. The van der Waals surface area contributed by atoms with Crippen LogP contribution in [-0.2, 0) is 9.53 Å². The van der Waals surface area contributed by atoms with E-state index in [0.717, 1.165) is 5.56 Å². The minimum absolute atomic E-state index is 0.0655. The molecule has 0 spiro atoms. The topological polar surface area (TPSA) is 49.8 Å². The van der Waals surface area contributed by atoms with Crippen molar-refractivity contribution in [1.82, 2.24) is 4.90 Å². The molecule has 1 saturated heterocycles. The lowest BCUT2D eigenvalue weighted by Crippen LogP contribution is -2.42. The number of benzene rings is 1. The zero-order chi connectivity index (χ0) is 14.0. The molecule has 3 unspecified atom stereocenters. The van der Waals surface area contributed by atoms with Crippen LogP contribution in [0.4, 0.5) is 4.39 Å². The van der Waals surface area contributed by atoms with Gasteiger partial charge in [0, 0.05) is 12.1 Å². The molecule has 4 nitrogen and oxygen atoms in total. The summed E-state index contributed by atoms with van der Waals surface area (Å²) >= 11 is 0. The molecule has 0 radical (unpaired) electrons. The molecule has 5 heteroatoms. The van der Waals surface area contributed by atoms with Crippen molar-refractivity contribution in [1.29, 1.82) is 0 Å². The molecule has 1 aromatic carbocycles. The van der Waals surface area contributed by atoms with Gasteiger partial charge in [0.15, 0.2) is 0 Å². The van der Waals surface area contributed by atoms with Crippen LogP contribution >= 0.6 is 0 Å². The van der Waals surface area contributed by atoms with Crippen LogP contribution < -0.4 is 0 Å². The van der Waals surface area contributed by atoms with Gasteiger partial charge in [-0.25, -0.2) is 4.39 Å². The monoisotopic (exact) mass is 267 g/mol. The van der Waals surface area contributed by atoms with Crippen LogP contribution in [0.1, 0.15) is 18.5 Å². The molecule has 0 saturated carbocycles. The average molecular weight is 267 g/mol. The average Bonchev–Trinajstić information content (AvgIpc) is 2.86. The minimum Gasteiger partial charge on any atom is -0.481 e. The van der Waals surface area contributed by atoms with Gasteiger partial charge in [-0.3, -0.25) is 9.69 Å². The third kappa shape index (κ3) is 2.93. The second-order valence-electron chi connectivity index (χ2n) is 4.95. The first-order valence-corrected chi connectivity index (χ1v) is 6.28.